The monoisotopic (exact) mass is 497 g/mol. The zero-order valence-corrected chi connectivity index (χ0v) is 21.5. The summed E-state index contributed by atoms with van der Waals surface area (Å²) in [5.74, 6) is 1.98. The molecule has 3 aromatic rings. The van der Waals surface area contributed by atoms with Crippen molar-refractivity contribution in [2.24, 2.45) is 5.92 Å². The average molecular weight is 498 g/mol. The number of aromatic nitrogens is 1. The van der Waals surface area contributed by atoms with E-state index in [9.17, 15) is 4.79 Å². The number of ether oxygens (including phenoxy) is 1. The Labute approximate surface area is 218 Å². The van der Waals surface area contributed by atoms with Crippen LogP contribution in [0.15, 0.2) is 60.8 Å². The lowest BCUT2D eigenvalue weighted by atomic mass is 9.96. The van der Waals surface area contributed by atoms with E-state index >= 15 is 0 Å². The maximum absolute atomic E-state index is 12.0. The average Bonchev–Trinajstić information content (AvgIpc) is 2.94. The minimum Gasteiger partial charge on any atom is -0.491 e. The molecule has 0 amide bonds. The highest BCUT2D eigenvalue weighted by atomic mass is 16.5. The molecule has 1 aromatic heterocycles. The number of nitrogens with zero attached hydrogens (tertiary/aromatic N) is 2. The largest absolute Gasteiger partial charge is 0.491 e. The minimum atomic E-state index is -0.479. The van der Waals surface area contributed by atoms with Crippen molar-refractivity contribution in [3.05, 3.63) is 71.9 Å². The normalized spacial score (nSPS) is 16.7. The van der Waals surface area contributed by atoms with Gasteiger partial charge in [-0.1, -0.05) is 38.1 Å². The van der Waals surface area contributed by atoms with Gasteiger partial charge in [-0.25, -0.2) is 4.98 Å². The Morgan fingerprint density at radius 2 is 1.92 bits per heavy atom. The number of fused-ring (bicyclic) bond motifs is 1. The van der Waals surface area contributed by atoms with Gasteiger partial charge in [0.05, 0.1) is 18.0 Å². The quantitative estimate of drug-likeness (QED) is 0.353. The van der Waals surface area contributed by atoms with Crippen LogP contribution in [0.2, 0.25) is 0 Å². The Hall–Kier alpha value is -3.84. The maximum Gasteiger partial charge on any atom is 0.146 e. The minimum absolute atomic E-state index is 0.479. The van der Waals surface area contributed by atoms with Crippen molar-refractivity contribution in [1.29, 1.82) is 0 Å². The first-order valence-electron chi connectivity index (χ1n) is 13.1. The number of pyridine rings is 1. The van der Waals surface area contributed by atoms with E-state index < -0.39 is 6.04 Å². The van der Waals surface area contributed by atoms with E-state index in [0.29, 0.717) is 18.3 Å². The maximum atomic E-state index is 12.0. The number of rotatable bonds is 9. The number of anilines is 3. The van der Waals surface area contributed by atoms with Crippen LogP contribution >= 0.6 is 0 Å². The van der Waals surface area contributed by atoms with Gasteiger partial charge in [0, 0.05) is 43.0 Å². The van der Waals surface area contributed by atoms with Gasteiger partial charge >= 0.3 is 0 Å². The second-order valence-corrected chi connectivity index (χ2v) is 9.91. The van der Waals surface area contributed by atoms with Gasteiger partial charge in [0.1, 0.15) is 23.9 Å². The van der Waals surface area contributed by atoms with Crippen LogP contribution in [0.5, 0.6) is 5.75 Å². The Morgan fingerprint density at radius 3 is 2.68 bits per heavy atom. The van der Waals surface area contributed by atoms with Crippen LogP contribution in [-0.4, -0.2) is 44.1 Å². The molecule has 7 nitrogen and oxygen atoms in total. The highest BCUT2D eigenvalue weighted by Crippen LogP contribution is 2.36. The van der Waals surface area contributed by atoms with Crippen LogP contribution in [0.1, 0.15) is 37.4 Å². The molecule has 1 saturated heterocycles. The number of benzene rings is 2. The second-order valence-electron chi connectivity index (χ2n) is 9.91. The van der Waals surface area contributed by atoms with Crippen LogP contribution in [0.3, 0.4) is 0 Å². The molecule has 1 atom stereocenters. The number of nitrogens with one attached hydrogen (secondary N) is 3. The SMILES string of the molecule is CC(C)CCOc1ccccc1Nc1nc(-c2ccc(N3CCNCC3)cc2)cc2c1C(C=O)NC=C2. The molecule has 1 fully saturated rings. The predicted molar refractivity (Wildman–Crippen MR) is 150 cm³/mol. The number of carbonyl (C=O) groups excluding carboxylic acids is 1. The van der Waals surface area contributed by atoms with Crippen LogP contribution in [0.25, 0.3) is 17.3 Å². The Morgan fingerprint density at radius 1 is 1.14 bits per heavy atom. The molecule has 0 saturated carbocycles. The van der Waals surface area contributed by atoms with Crippen molar-refractivity contribution in [3.63, 3.8) is 0 Å². The number of para-hydroxylation sites is 2. The van der Waals surface area contributed by atoms with Gasteiger partial charge in [0.2, 0.25) is 0 Å². The van der Waals surface area contributed by atoms with E-state index in [2.05, 4.69) is 65.0 Å². The Balaban J connectivity index is 1.48. The van der Waals surface area contributed by atoms with Crippen molar-refractivity contribution >= 4 is 29.6 Å². The van der Waals surface area contributed by atoms with Gasteiger partial charge in [-0.15, -0.1) is 0 Å². The third-order valence-electron chi connectivity index (χ3n) is 6.81. The van der Waals surface area contributed by atoms with Gasteiger partial charge in [-0.05, 0) is 60.5 Å². The van der Waals surface area contributed by atoms with Gasteiger partial charge in [-0.3, -0.25) is 0 Å². The Kier molecular flexibility index (Phi) is 7.70. The molecule has 0 radical (unpaired) electrons. The molecule has 2 aliphatic heterocycles. The predicted octanol–water partition coefficient (Wildman–Crippen LogP) is 5.14. The van der Waals surface area contributed by atoms with E-state index in [-0.39, 0.29) is 0 Å². The lowest BCUT2D eigenvalue weighted by Crippen LogP contribution is -2.43. The first-order valence-corrected chi connectivity index (χ1v) is 13.1. The summed E-state index contributed by atoms with van der Waals surface area (Å²) in [6.45, 7) is 9.04. The van der Waals surface area contributed by atoms with Crippen molar-refractivity contribution in [2.45, 2.75) is 26.3 Å². The standard InChI is InChI=1S/C30H35N5O2/c1-21(2)12-18-37-28-6-4-3-5-25(28)33-30-29-23(11-13-32-27(29)20-36)19-26(34-30)22-7-9-24(10-8-22)35-16-14-31-15-17-35/h3-11,13,19-21,27,31-32H,12,14-18H2,1-2H3,(H,33,34). The third-order valence-corrected chi connectivity index (χ3v) is 6.81. The van der Waals surface area contributed by atoms with E-state index in [4.69, 9.17) is 9.72 Å². The van der Waals surface area contributed by atoms with Crippen LogP contribution in [0.4, 0.5) is 17.2 Å². The molecule has 192 valence electrons. The summed E-state index contributed by atoms with van der Waals surface area (Å²) in [5.41, 5.74) is 5.72. The molecule has 7 heteroatoms. The summed E-state index contributed by atoms with van der Waals surface area (Å²) in [4.78, 5) is 19.4. The fourth-order valence-corrected chi connectivity index (χ4v) is 4.71. The third kappa shape index (κ3) is 5.78. The fraction of sp³-hybridized carbons (Fsp3) is 0.333. The van der Waals surface area contributed by atoms with E-state index in [0.717, 1.165) is 72.7 Å². The molecule has 2 aliphatic rings. The summed E-state index contributed by atoms with van der Waals surface area (Å²) in [7, 11) is 0. The summed E-state index contributed by atoms with van der Waals surface area (Å²) in [6, 6.07) is 18.0. The fourth-order valence-electron chi connectivity index (χ4n) is 4.71. The first kappa shape index (κ1) is 24.8. The number of piperazine rings is 1. The summed E-state index contributed by atoms with van der Waals surface area (Å²) in [6.07, 6.45) is 5.71. The highest BCUT2D eigenvalue weighted by Gasteiger charge is 2.23. The van der Waals surface area contributed by atoms with Crippen molar-refractivity contribution in [1.82, 2.24) is 15.6 Å². The zero-order chi connectivity index (χ0) is 25.6. The van der Waals surface area contributed by atoms with Gasteiger partial charge in [0.25, 0.3) is 0 Å². The summed E-state index contributed by atoms with van der Waals surface area (Å²) in [5, 5.41) is 10.0. The molecule has 3 heterocycles. The Bertz CT molecular complexity index is 1250. The molecule has 37 heavy (non-hydrogen) atoms. The van der Waals surface area contributed by atoms with Crippen LogP contribution < -0.4 is 25.6 Å². The van der Waals surface area contributed by atoms with Crippen molar-refractivity contribution < 1.29 is 9.53 Å². The van der Waals surface area contributed by atoms with E-state index in [1.165, 1.54) is 5.69 Å². The molecule has 1 unspecified atom stereocenters. The zero-order valence-electron chi connectivity index (χ0n) is 21.5. The molecule has 3 N–H and O–H groups in total. The van der Waals surface area contributed by atoms with Crippen molar-refractivity contribution in [2.75, 3.05) is 43.0 Å². The molecular formula is C30H35N5O2. The first-order chi connectivity index (χ1) is 18.1. The lowest BCUT2D eigenvalue weighted by molar-refractivity contribution is -0.109. The molecular weight excluding hydrogens is 462 g/mol. The van der Waals surface area contributed by atoms with E-state index in [1.54, 1.807) is 0 Å². The van der Waals surface area contributed by atoms with Crippen molar-refractivity contribution in [3.8, 4) is 17.0 Å². The molecule has 5 rings (SSSR count). The number of carbonyl (C=O) groups is 1. The second kappa shape index (κ2) is 11.5. The summed E-state index contributed by atoms with van der Waals surface area (Å²) < 4.78 is 6.10. The summed E-state index contributed by atoms with van der Waals surface area (Å²) >= 11 is 0. The van der Waals surface area contributed by atoms with Crippen LogP contribution in [0, 0.1) is 5.92 Å². The topological polar surface area (TPSA) is 78.5 Å². The van der Waals surface area contributed by atoms with E-state index in [1.807, 2.05) is 36.5 Å². The molecule has 0 spiro atoms. The lowest BCUT2D eigenvalue weighted by Gasteiger charge is -2.29. The molecule has 0 bridgehead atoms. The number of hydrogen-bond donors (Lipinski definition) is 3. The van der Waals surface area contributed by atoms with Gasteiger partial charge in [-0.2, -0.15) is 0 Å². The molecule has 2 aromatic carbocycles. The van der Waals surface area contributed by atoms with Gasteiger partial charge < -0.3 is 30.4 Å². The smallest absolute Gasteiger partial charge is 0.146 e. The van der Waals surface area contributed by atoms with Crippen LogP contribution in [-0.2, 0) is 4.79 Å². The number of aldehydes is 1. The van der Waals surface area contributed by atoms with Gasteiger partial charge in [0.15, 0.2) is 0 Å². The highest BCUT2D eigenvalue weighted by molar-refractivity contribution is 5.81. The molecule has 0 aliphatic carbocycles. The number of hydrogen-bond acceptors (Lipinski definition) is 7.